The molecule has 24 heavy (non-hydrogen) atoms. The van der Waals surface area contributed by atoms with Crippen molar-refractivity contribution in [1.82, 2.24) is 24.6 Å². The third-order valence-corrected chi connectivity index (χ3v) is 4.01. The van der Waals surface area contributed by atoms with Gasteiger partial charge in [-0.2, -0.15) is 5.10 Å². The van der Waals surface area contributed by atoms with Crippen molar-refractivity contribution in [2.75, 3.05) is 6.54 Å². The number of hydrogen-bond donors (Lipinski definition) is 1. The Morgan fingerprint density at radius 3 is 2.79 bits per heavy atom. The SMILES string of the molecule is C[C@H](CNC(=O)Cn1cnc2c(cnn2C)c1=O)c1ccccc1. The second-order valence-corrected chi connectivity index (χ2v) is 5.80. The first kappa shape index (κ1) is 15.9. The smallest absolute Gasteiger partial charge is 0.264 e. The van der Waals surface area contributed by atoms with Gasteiger partial charge in [0.2, 0.25) is 5.91 Å². The number of aromatic nitrogens is 4. The van der Waals surface area contributed by atoms with E-state index in [1.807, 2.05) is 37.3 Å². The van der Waals surface area contributed by atoms with Crippen LogP contribution in [0.5, 0.6) is 0 Å². The second-order valence-electron chi connectivity index (χ2n) is 5.80. The molecule has 3 rings (SSSR count). The monoisotopic (exact) mass is 325 g/mol. The van der Waals surface area contributed by atoms with Crippen LogP contribution < -0.4 is 10.9 Å². The topological polar surface area (TPSA) is 81.8 Å². The van der Waals surface area contributed by atoms with Crippen LogP contribution in [0.15, 0.2) is 47.7 Å². The Morgan fingerprint density at radius 2 is 2.04 bits per heavy atom. The zero-order chi connectivity index (χ0) is 17.1. The number of aryl methyl sites for hydroxylation is 1. The molecule has 0 unspecified atom stereocenters. The minimum atomic E-state index is -0.264. The van der Waals surface area contributed by atoms with E-state index in [4.69, 9.17) is 0 Å². The summed E-state index contributed by atoms with van der Waals surface area (Å²) < 4.78 is 2.83. The van der Waals surface area contributed by atoms with E-state index in [1.54, 1.807) is 7.05 Å². The van der Waals surface area contributed by atoms with Gasteiger partial charge in [0.15, 0.2) is 5.65 Å². The van der Waals surface area contributed by atoms with Gasteiger partial charge in [0, 0.05) is 13.6 Å². The highest BCUT2D eigenvalue weighted by Gasteiger charge is 2.12. The minimum absolute atomic E-state index is 0.0574. The molecule has 0 saturated heterocycles. The third kappa shape index (κ3) is 3.19. The number of amides is 1. The van der Waals surface area contributed by atoms with E-state index in [0.29, 0.717) is 17.6 Å². The molecule has 1 N–H and O–H groups in total. The van der Waals surface area contributed by atoms with Crippen molar-refractivity contribution in [3.8, 4) is 0 Å². The van der Waals surface area contributed by atoms with E-state index >= 15 is 0 Å². The minimum Gasteiger partial charge on any atom is -0.354 e. The summed E-state index contributed by atoms with van der Waals surface area (Å²) in [7, 11) is 1.72. The highest BCUT2D eigenvalue weighted by Crippen LogP contribution is 2.12. The van der Waals surface area contributed by atoms with Gasteiger partial charge in [0.05, 0.1) is 6.20 Å². The lowest BCUT2D eigenvalue weighted by molar-refractivity contribution is -0.121. The van der Waals surface area contributed by atoms with Crippen LogP contribution in [0.3, 0.4) is 0 Å². The average molecular weight is 325 g/mol. The van der Waals surface area contributed by atoms with Crippen LogP contribution in [-0.4, -0.2) is 31.8 Å². The Bertz CT molecular complexity index is 914. The molecule has 1 amide bonds. The Kier molecular flexibility index (Phi) is 4.41. The fourth-order valence-corrected chi connectivity index (χ4v) is 2.56. The van der Waals surface area contributed by atoms with Crippen molar-refractivity contribution in [1.29, 1.82) is 0 Å². The highest BCUT2D eigenvalue weighted by molar-refractivity contribution is 5.77. The lowest BCUT2D eigenvalue weighted by Crippen LogP contribution is -2.34. The highest BCUT2D eigenvalue weighted by atomic mass is 16.2. The molecule has 0 aliphatic carbocycles. The Morgan fingerprint density at radius 1 is 1.29 bits per heavy atom. The summed E-state index contributed by atoms with van der Waals surface area (Å²) in [5.74, 6) is -0.0179. The third-order valence-electron chi connectivity index (χ3n) is 4.01. The van der Waals surface area contributed by atoms with Crippen LogP contribution in [-0.2, 0) is 18.4 Å². The summed E-state index contributed by atoms with van der Waals surface area (Å²) in [6.07, 6.45) is 2.85. The second kappa shape index (κ2) is 6.66. The summed E-state index contributed by atoms with van der Waals surface area (Å²) in [5, 5.41) is 7.28. The quantitative estimate of drug-likeness (QED) is 0.760. The predicted octanol–water partition coefficient (Wildman–Crippen LogP) is 1.05. The molecule has 0 saturated carbocycles. The van der Waals surface area contributed by atoms with Crippen LogP contribution in [0.25, 0.3) is 11.0 Å². The molecule has 7 heteroatoms. The van der Waals surface area contributed by atoms with Crippen LogP contribution in [0.4, 0.5) is 0 Å². The zero-order valence-corrected chi connectivity index (χ0v) is 13.6. The van der Waals surface area contributed by atoms with Gasteiger partial charge in [-0.05, 0) is 11.5 Å². The van der Waals surface area contributed by atoms with Crippen LogP contribution >= 0.6 is 0 Å². The zero-order valence-electron chi connectivity index (χ0n) is 13.6. The summed E-state index contributed by atoms with van der Waals surface area (Å²) in [5.41, 5.74) is 1.40. The van der Waals surface area contributed by atoms with E-state index in [1.165, 1.54) is 21.8 Å². The molecule has 0 fully saturated rings. The van der Waals surface area contributed by atoms with Gasteiger partial charge in [-0.3, -0.25) is 18.8 Å². The largest absolute Gasteiger partial charge is 0.354 e. The number of rotatable bonds is 5. The fraction of sp³-hybridized carbons (Fsp3) is 0.294. The molecule has 0 spiro atoms. The van der Waals surface area contributed by atoms with Gasteiger partial charge in [0.25, 0.3) is 5.56 Å². The van der Waals surface area contributed by atoms with Gasteiger partial charge in [0.1, 0.15) is 18.3 Å². The summed E-state index contributed by atoms with van der Waals surface area (Å²) in [6.45, 7) is 2.50. The molecule has 0 bridgehead atoms. The van der Waals surface area contributed by atoms with Crippen LogP contribution in [0, 0.1) is 0 Å². The number of nitrogens with zero attached hydrogens (tertiary/aromatic N) is 4. The lowest BCUT2D eigenvalue weighted by atomic mass is 10.0. The standard InChI is InChI=1S/C17H19N5O2/c1-12(13-6-4-3-5-7-13)8-18-15(23)10-22-11-19-16-14(17(22)24)9-20-21(16)2/h3-7,9,11-12H,8,10H2,1-2H3,(H,18,23)/t12-/m1/s1. The number of fused-ring (bicyclic) bond motifs is 1. The van der Waals surface area contributed by atoms with Crippen molar-refractivity contribution in [2.45, 2.75) is 19.4 Å². The van der Waals surface area contributed by atoms with Crippen molar-refractivity contribution < 1.29 is 4.79 Å². The number of benzene rings is 1. The normalized spacial score (nSPS) is 12.2. The van der Waals surface area contributed by atoms with Gasteiger partial charge in [-0.1, -0.05) is 37.3 Å². The summed E-state index contributed by atoms with van der Waals surface area (Å²) >= 11 is 0. The summed E-state index contributed by atoms with van der Waals surface area (Å²) in [6, 6.07) is 9.97. The maximum absolute atomic E-state index is 12.3. The Labute approximate surface area is 138 Å². The van der Waals surface area contributed by atoms with Gasteiger partial charge < -0.3 is 5.32 Å². The van der Waals surface area contributed by atoms with Crippen molar-refractivity contribution in [3.05, 3.63) is 58.8 Å². The molecule has 124 valence electrons. The number of hydrogen-bond acceptors (Lipinski definition) is 4. The molecular formula is C17H19N5O2. The first-order valence-electron chi connectivity index (χ1n) is 7.75. The molecule has 2 heterocycles. The van der Waals surface area contributed by atoms with Crippen molar-refractivity contribution in [2.24, 2.45) is 7.05 Å². The van der Waals surface area contributed by atoms with Crippen LogP contribution in [0.1, 0.15) is 18.4 Å². The first-order chi connectivity index (χ1) is 11.6. The average Bonchev–Trinajstić information content (AvgIpc) is 2.98. The van der Waals surface area contributed by atoms with Crippen LogP contribution in [0.2, 0.25) is 0 Å². The molecule has 2 aromatic heterocycles. The molecular weight excluding hydrogens is 306 g/mol. The van der Waals surface area contributed by atoms with Gasteiger partial charge in [-0.25, -0.2) is 4.98 Å². The summed E-state index contributed by atoms with van der Waals surface area (Å²) in [4.78, 5) is 28.6. The van der Waals surface area contributed by atoms with E-state index in [2.05, 4.69) is 15.4 Å². The molecule has 7 nitrogen and oxygen atoms in total. The molecule has 1 aromatic carbocycles. The maximum atomic E-state index is 12.3. The molecule has 3 aromatic rings. The van der Waals surface area contributed by atoms with Crippen molar-refractivity contribution >= 4 is 16.9 Å². The molecule has 0 aliphatic rings. The number of carbonyl (C=O) groups is 1. The predicted molar refractivity (Wildman–Crippen MR) is 90.6 cm³/mol. The Hall–Kier alpha value is -2.96. The Balaban J connectivity index is 1.65. The van der Waals surface area contributed by atoms with E-state index < -0.39 is 0 Å². The lowest BCUT2D eigenvalue weighted by Gasteiger charge is -2.13. The van der Waals surface area contributed by atoms with E-state index in [-0.39, 0.29) is 23.9 Å². The molecule has 0 aliphatic heterocycles. The number of carbonyl (C=O) groups excluding carboxylic acids is 1. The van der Waals surface area contributed by atoms with Gasteiger partial charge in [-0.15, -0.1) is 0 Å². The number of nitrogens with one attached hydrogen (secondary N) is 1. The van der Waals surface area contributed by atoms with E-state index in [9.17, 15) is 9.59 Å². The molecule has 0 radical (unpaired) electrons. The fourth-order valence-electron chi connectivity index (χ4n) is 2.56. The van der Waals surface area contributed by atoms with Gasteiger partial charge >= 0.3 is 0 Å². The van der Waals surface area contributed by atoms with Crippen molar-refractivity contribution in [3.63, 3.8) is 0 Å². The van der Waals surface area contributed by atoms with E-state index in [0.717, 1.165) is 5.56 Å². The first-order valence-corrected chi connectivity index (χ1v) is 7.75. The molecule has 1 atom stereocenters. The maximum Gasteiger partial charge on any atom is 0.264 e.